The zero-order chi connectivity index (χ0) is 18.9. The molecule has 8 heteroatoms. The van der Waals surface area contributed by atoms with E-state index in [4.69, 9.17) is 15.2 Å². The molecule has 152 valence electrons. The summed E-state index contributed by atoms with van der Waals surface area (Å²) in [7, 11) is 0. The Bertz CT molecular complexity index is 631. The number of nitrogens with one attached hydrogen (secondary N) is 1. The van der Waals surface area contributed by atoms with Crippen LogP contribution in [0.2, 0.25) is 0 Å². The van der Waals surface area contributed by atoms with Crippen molar-refractivity contribution in [2.75, 3.05) is 26.3 Å². The number of benzene rings is 1. The summed E-state index contributed by atoms with van der Waals surface area (Å²) in [5, 5.41) is 3.25. The third kappa shape index (κ3) is 7.43. The monoisotopic (exact) mass is 490 g/mol. The van der Waals surface area contributed by atoms with Gasteiger partial charge in [0.15, 0.2) is 5.96 Å². The number of nitrogens with zero attached hydrogens (tertiary/aromatic N) is 2. The van der Waals surface area contributed by atoms with Gasteiger partial charge in [0, 0.05) is 24.7 Å². The number of hydrogen-bond acceptors (Lipinski definition) is 4. The minimum atomic E-state index is -0.240. The zero-order valence-corrected chi connectivity index (χ0v) is 18.7. The van der Waals surface area contributed by atoms with Crippen LogP contribution in [-0.4, -0.2) is 49.3 Å². The van der Waals surface area contributed by atoms with Gasteiger partial charge >= 0.3 is 6.09 Å². The molecule has 1 aromatic rings. The SMILES string of the molecule is CCOC(=O)N1CCC(NC(N)=NCc2ccc(C)cc2OCC)CC1.I. The smallest absolute Gasteiger partial charge is 0.409 e. The van der Waals surface area contributed by atoms with E-state index in [0.29, 0.717) is 38.8 Å². The van der Waals surface area contributed by atoms with Crippen LogP contribution in [0.3, 0.4) is 0 Å². The predicted octanol–water partition coefficient (Wildman–Crippen LogP) is 3.04. The van der Waals surface area contributed by atoms with Gasteiger partial charge in [-0.15, -0.1) is 24.0 Å². The van der Waals surface area contributed by atoms with Gasteiger partial charge < -0.3 is 25.4 Å². The van der Waals surface area contributed by atoms with Gasteiger partial charge in [-0.3, -0.25) is 0 Å². The molecule has 0 saturated carbocycles. The number of guanidine groups is 1. The van der Waals surface area contributed by atoms with Crippen molar-refractivity contribution in [3.63, 3.8) is 0 Å². The lowest BCUT2D eigenvalue weighted by Gasteiger charge is -2.31. The topological polar surface area (TPSA) is 89.2 Å². The number of aliphatic imine (C=N–C) groups is 1. The van der Waals surface area contributed by atoms with E-state index in [-0.39, 0.29) is 36.1 Å². The lowest BCUT2D eigenvalue weighted by atomic mass is 10.1. The maximum absolute atomic E-state index is 11.7. The summed E-state index contributed by atoms with van der Waals surface area (Å²) in [6, 6.07) is 6.30. The van der Waals surface area contributed by atoms with Gasteiger partial charge in [-0.1, -0.05) is 12.1 Å². The number of rotatable bonds is 6. The van der Waals surface area contributed by atoms with Gasteiger partial charge in [0.2, 0.25) is 0 Å². The Morgan fingerprint density at radius 3 is 2.63 bits per heavy atom. The first-order valence-electron chi connectivity index (χ1n) is 9.24. The van der Waals surface area contributed by atoms with E-state index in [0.717, 1.165) is 29.7 Å². The maximum atomic E-state index is 11.7. The van der Waals surface area contributed by atoms with E-state index in [9.17, 15) is 4.79 Å². The van der Waals surface area contributed by atoms with E-state index < -0.39 is 0 Å². The van der Waals surface area contributed by atoms with Gasteiger partial charge in [-0.2, -0.15) is 0 Å². The van der Waals surface area contributed by atoms with Crippen molar-refractivity contribution in [3.8, 4) is 5.75 Å². The number of ether oxygens (including phenoxy) is 2. The second-order valence-electron chi connectivity index (χ2n) is 6.35. The number of amides is 1. The number of likely N-dealkylation sites (tertiary alicyclic amines) is 1. The first-order chi connectivity index (χ1) is 12.5. The molecular formula is C19H31IN4O3. The summed E-state index contributed by atoms with van der Waals surface area (Å²) >= 11 is 0. The number of carbonyl (C=O) groups is 1. The third-order valence-electron chi connectivity index (χ3n) is 4.32. The number of hydrogen-bond donors (Lipinski definition) is 2. The van der Waals surface area contributed by atoms with Crippen LogP contribution in [0.1, 0.15) is 37.8 Å². The van der Waals surface area contributed by atoms with Crippen LogP contribution in [-0.2, 0) is 11.3 Å². The van der Waals surface area contributed by atoms with Gasteiger partial charge in [0.1, 0.15) is 5.75 Å². The van der Waals surface area contributed by atoms with Gasteiger partial charge in [0.05, 0.1) is 19.8 Å². The number of carbonyl (C=O) groups excluding carboxylic acids is 1. The first kappa shape index (κ1) is 23.3. The number of halogens is 1. The van der Waals surface area contributed by atoms with Crippen molar-refractivity contribution in [2.45, 2.75) is 46.2 Å². The highest BCUT2D eigenvalue weighted by atomic mass is 127. The van der Waals surface area contributed by atoms with Crippen LogP contribution in [0.15, 0.2) is 23.2 Å². The van der Waals surface area contributed by atoms with Crippen LogP contribution in [0.4, 0.5) is 4.79 Å². The van der Waals surface area contributed by atoms with Gasteiger partial charge in [-0.05, 0) is 45.2 Å². The number of nitrogens with two attached hydrogens (primary N) is 1. The van der Waals surface area contributed by atoms with Gasteiger partial charge in [-0.25, -0.2) is 9.79 Å². The van der Waals surface area contributed by atoms with Crippen molar-refractivity contribution in [3.05, 3.63) is 29.3 Å². The quantitative estimate of drug-likeness (QED) is 0.364. The van der Waals surface area contributed by atoms with Crippen LogP contribution in [0, 0.1) is 6.92 Å². The molecule has 0 spiro atoms. The third-order valence-corrected chi connectivity index (χ3v) is 4.32. The number of aryl methyl sites for hydroxylation is 1. The fourth-order valence-corrected chi connectivity index (χ4v) is 2.93. The average molecular weight is 490 g/mol. The lowest BCUT2D eigenvalue weighted by molar-refractivity contribution is 0.0963. The van der Waals surface area contributed by atoms with Crippen LogP contribution in [0.5, 0.6) is 5.75 Å². The molecule has 1 amide bonds. The summed E-state index contributed by atoms with van der Waals surface area (Å²) in [6.07, 6.45) is 1.41. The predicted molar refractivity (Wildman–Crippen MR) is 118 cm³/mol. The minimum Gasteiger partial charge on any atom is -0.494 e. The zero-order valence-electron chi connectivity index (χ0n) is 16.4. The molecule has 1 aromatic carbocycles. The fourth-order valence-electron chi connectivity index (χ4n) is 2.93. The Kier molecular flexibility index (Phi) is 10.3. The Morgan fingerprint density at radius 2 is 2.00 bits per heavy atom. The van der Waals surface area contributed by atoms with Crippen molar-refractivity contribution in [1.29, 1.82) is 0 Å². The molecule has 0 radical (unpaired) electrons. The molecule has 0 atom stereocenters. The molecule has 0 bridgehead atoms. The largest absolute Gasteiger partial charge is 0.494 e. The van der Waals surface area contributed by atoms with E-state index in [1.165, 1.54) is 0 Å². The van der Waals surface area contributed by atoms with E-state index in [1.807, 2.05) is 39.0 Å². The van der Waals surface area contributed by atoms with Crippen LogP contribution >= 0.6 is 24.0 Å². The highest BCUT2D eigenvalue weighted by molar-refractivity contribution is 14.0. The van der Waals surface area contributed by atoms with Crippen molar-refractivity contribution >= 4 is 36.0 Å². The molecule has 0 aliphatic carbocycles. The molecule has 1 saturated heterocycles. The van der Waals surface area contributed by atoms with E-state index in [2.05, 4.69) is 10.3 Å². The van der Waals surface area contributed by atoms with Crippen LogP contribution in [0.25, 0.3) is 0 Å². The molecule has 1 fully saturated rings. The molecule has 27 heavy (non-hydrogen) atoms. The average Bonchev–Trinajstić information content (AvgIpc) is 2.62. The molecule has 0 aromatic heterocycles. The first-order valence-corrected chi connectivity index (χ1v) is 9.24. The summed E-state index contributed by atoms with van der Waals surface area (Å²) in [4.78, 5) is 17.9. The molecule has 1 aliphatic rings. The molecule has 0 unspecified atom stereocenters. The second-order valence-corrected chi connectivity index (χ2v) is 6.35. The normalized spacial score (nSPS) is 15.1. The molecule has 7 nitrogen and oxygen atoms in total. The molecule has 1 heterocycles. The standard InChI is InChI=1S/C19H30N4O3.HI/c1-4-25-17-12-14(3)6-7-15(17)13-21-18(20)22-16-8-10-23(11-9-16)19(24)26-5-2;/h6-7,12,16H,4-5,8-11,13H2,1-3H3,(H3,20,21,22);1H. The van der Waals surface area contributed by atoms with Crippen molar-refractivity contribution in [2.24, 2.45) is 10.7 Å². The lowest BCUT2D eigenvalue weighted by Crippen LogP contribution is -2.48. The molecular weight excluding hydrogens is 459 g/mol. The number of piperidine rings is 1. The Balaban J connectivity index is 0.00000364. The Morgan fingerprint density at radius 1 is 1.30 bits per heavy atom. The summed E-state index contributed by atoms with van der Waals surface area (Å²) in [5.74, 6) is 1.27. The highest BCUT2D eigenvalue weighted by Gasteiger charge is 2.23. The van der Waals surface area contributed by atoms with Crippen molar-refractivity contribution in [1.82, 2.24) is 10.2 Å². The van der Waals surface area contributed by atoms with Crippen molar-refractivity contribution < 1.29 is 14.3 Å². The Labute approximate surface area is 178 Å². The maximum Gasteiger partial charge on any atom is 0.409 e. The summed E-state index contributed by atoms with van der Waals surface area (Å²) in [6.45, 7) is 8.63. The summed E-state index contributed by atoms with van der Waals surface area (Å²) in [5.41, 5.74) is 8.21. The fraction of sp³-hybridized carbons (Fsp3) is 0.579. The minimum absolute atomic E-state index is 0. The summed E-state index contributed by atoms with van der Waals surface area (Å²) < 4.78 is 10.7. The van der Waals surface area contributed by atoms with Crippen LogP contribution < -0.4 is 15.8 Å². The molecule has 1 aliphatic heterocycles. The van der Waals surface area contributed by atoms with Gasteiger partial charge in [0.25, 0.3) is 0 Å². The van der Waals surface area contributed by atoms with E-state index in [1.54, 1.807) is 4.90 Å². The molecule has 2 rings (SSSR count). The second kappa shape index (κ2) is 11.9. The Hall–Kier alpha value is -1.71. The molecule has 3 N–H and O–H groups in total. The van der Waals surface area contributed by atoms with E-state index >= 15 is 0 Å². The highest BCUT2D eigenvalue weighted by Crippen LogP contribution is 2.21.